The van der Waals surface area contributed by atoms with Gasteiger partial charge in [-0.15, -0.1) is 12.8 Å². The van der Waals surface area contributed by atoms with Crippen LogP contribution in [0.1, 0.15) is 43.7 Å². The third-order valence-corrected chi connectivity index (χ3v) is 4.19. The molecule has 0 amide bonds. The number of aryl methyl sites for hydroxylation is 1. The average molecular weight is 292 g/mol. The molecular formula is C21H24O. The summed E-state index contributed by atoms with van der Waals surface area (Å²) in [5, 5.41) is 0. The normalized spacial score (nSPS) is 22.5. The van der Waals surface area contributed by atoms with Gasteiger partial charge in [0.15, 0.2) is 0 Å². The minimum Gasteiger partial charge on any atom is -0.490 e. The van der Waals surface area contributed by atoms with E-state index in [1.165, 1.54) is 16.7 Å². The van der Waals surface area contributed by atoms with Gasteiger partial charge >= 0.3 is 0 Å². The highest BCUT2D eigenvalue weighted by Crippen LogP contribution is 2.38. The standard InChI is InChI=1S/C19H22O.C2H2/c1-3-17-12-11-15-9-6-10-18(19(15)20-17)16-8-5-4-7-14(2)13-16;1-2/h4-10,13,16-17H,3,11-12H2,1-2H3;1-2H. The smallest absolute Gasteiger partial charge is 0.127 e. The number of rotatable bonds is 2. The molecule has 1 aromatic rings. The Morgan fingerprint density at radius 1 is 1.23 bits per heavy atom. The van der Waals surface area contributed by atoms with Crippen molar-refractivity contribution in [1.29, 1.82) is 0 Å². The molecule has 0 bridgehead atoms. The van der Waals surface area contributed by atoms with Crippen molar-refractivity contribution in [2.45, 2.75) is 45.1 Å². The van der Waals surface area contributed by atoms with E-state index < -0.39 is 0 Å². The van der Waals surface area contributed by atoms with Crippen molar-refractivity contribution in [2.24, 2.45) is 0 Å². The molecule has 114 valence electrons. The average Bonchev–Trinajstić information content (AvgIpc) is 2.80. The van der Waals surface area contributed by atoms with E-state index in [1.807, 2.05) is 0 Å². The van der Waals surface area contributed by atoms with Gasteiger partial charge < -0.3 is 4.74 Å². The monoisotopic (exact) mass is 292 g/mol. The minimum atomic E-state index is 0.315. The highest BCUT2D eigenvalue weighted by Gasteiger charge is 2.23. The Kier molecular flexibility index (Phi) is 5.67. The van der Waals surface area contributed by atoms with Crippen molar-refractivity contribution < 1.29 is 4.74 Å². The van der Waals surface area contributed by atoms with Gasteiger partial charge in [-0.25, -0.2) is 0 Å². The fourth-order valence-electron chi connectivity index (χ4n) is 3.02. The van der Waals surface area contributed by atoms with Crippen molar-refractivity contribution in [2.75, 3.05) is 0 Å². The predicted octanol–water partition coefficient (Wildman–Crippen LogP) is 5.20. The SMILES string of the molecule is C#C.CCC1CCc2cccc(C3C=CC=CC(C)=C3)c2O1. The first-order chi connectivity index (χ1) is 10.8. The van der Waals surface area contributed by atoms with Gasteiger partial charge in [0.25, 0.3) is 0 Å². The second kappa shape index (κ2) is 7.71. The summed E-state index contributed by atoms with van der Waals surface area (Å²) in [5.41, 5.74) is 3.98. The summed E-state index contributed by atoms with van der Waals surface area (Å²) in [6.07, 6.45) is 22.7. The van der Waals surface area contributed by atoms with Gasteiger partial charge in [-0.3, -0.25) is 0 Å². The van der Waals surface area contributed by atoms with Crippen LogP contribution in [-0.4, -0.2) is 6.10 Å². The zero-order valence-corrected chi connectivity index (χ0v) is 13.5. The Balaban J connectivity index is 0.000000847. The number of allylic oxidation sites excluding steroid dienone is 6. The summed E-state index contributed by atoms with van der Waals surface area (Å²) >= 11 is 0. The number of hydrogen-bond acceptors (Lipinski definition) is 1. The summed E-state index contributed by atoms with van der Waals surface area (Å²) < 4.78 is 6.26. The Bertz CT molecular complexity index is 616. The Labute approximate surface area is 134 Å². The van der Waals surface area contributed by atoms with Gasteiger partial charge in [0.2, 0.25) is 0 Å². The lowest BCUT2D eigenvalue weighted by molar-refractivity contribution is 0.167. The van der Waals surface area contributed by atoms with Crippen molar-refractivity contribution in [3.63, 3.8) is 0 Å². The van der Waals surface area contributed by atoms with Gasteiger partial charge in [0.1, 0.15) is 5.75 Å². The van der Waals surface area contributed by atoms with E-state index in [2.05, 4.69) is 75.3 Å². The van der Waals surface area contributed by atoms with Crippen LogP contribution in [0.3, 0.4) is 0 Å². The van der Waals surface area contributed by atoms with Crippen molar-refractivity contribution in [1.82, 2.24) is 0 Å². The molecule has 1 aliphatic heterocycles. The van der Waals surface area contributed by atoms with Crippen molar-refractivity contribution in [3.8, 4) is 18.6 Å². The number of fused-ring (bicyclic) bond motifs is 1. The summed E-state index contributed by atoms with van der Waals surface area (Å²) in [6, 6.07) is 6.58. The van der Waals surface area contributed by atoms with Gasteiger partial charge in [0, 0.05) is 11.5 Å². The fraction of sp³-hybridized carbons (Fsp3) is 0.333. The Morgan fingerprint density at radius 3 is 2.82 bits per heavy atom. The van der Waals surface area contributed by atoms with E-state index in [0.717, 1.165) is 25.0 Å². The van der Waals surface area contributed by atoms with E-state index in [4.69, 9.17) is 4.74 Å². The number of ether oxygens (including phenoxy) is 1. The van der Waals surface area contributed by atoms with Gasteiger partial charge in [-0.05, 0) is 31.7 Å². The predicted molar refractivity (Wildman–Crippen MR) is 94.1 cm³/mol. The number of para-hydroxylation sites is 1. The molecule has 0 N–H and O–H groups in total. The van der Waals surface area contributed by atoms with Crippen molar-refractivity contribution in [3.05, 3.63) is 65.3 Å². The van der Waals surface area contributed by atoms with Crippen LogP contribution in [0.25, 0.3) is 0 Å². The summed E-state index contributed by atoms with van der Waals surface area (Å²) in [7, 11) is 0. The van der Waals surface area contributed by atoms with Gasteiger partial charge in [0.05, 0.1) is 6.10 Å². The minimum absolute atomic E-state index is 0.315. The molecule has 1 aliphatic carbocycles. The van der Waals surface area contributed by atoms with Crippen LogP contribution in [0.5, 0.6) is 5.75 Å². The van der Waals surface area contributed by atoms with Crippen molar-refractivity contribution >= 4 is 0 Å². The first kappa shape index (κ1) is 16.2. The molecule has 22 heavy (non-hydrogen) atoms. The highest BCUT2D eigenvalue weighted by molar-refractivity contribution is 5.49. The molecule has 1 nitrogen and oxygen atoms in total. The molecule has 0 fully saturated rings. The van der Waals surface area contributed by atoms with Gasteiger partial charge in [-0.2, -0.15) is 0 Å². The topological polar surface area (TPSA) is 9.23 Å². The van der Waals surface area contributed by atoms with Crippen LogP contribution in [-0.2, 0) is 6.42 Å². The summed E-state index contributed by atoms with van der Waals surface area (Å²) in [4.78, 5) is 0. The molecule has 1 heteroatoms. The van der Waals surface area contributed by atoms with Gasteiger partial charge in [-0.1, -0.05) is 61.1 Å². The molecule has 3 rings (SSSR count). The van der Waals surface area contributed by atoms with Crippen LogP contribution in [0.4, 0.5) is 0 Å². The lowest BCUT2D eigenvalue weighted by Gasteiger charge is -2.28. The maximum absolute atomic E-state index is 6.26. The van der Waals surface area contributed by atoms with E-state index in [0.29, 0.717) is 12.0 Å². The second-order valence-electron chi connectivity index (χ2n) is 5.70. The highest BCUT2D eigenvalue weighted by atomic mass is 16.5. The molecule has 0 saturated carbocycles. The third-order valence-electron chi connectivity index (χ3n) is 4.19. The molecule has 1 aromatic carbocycles. The molecular weight excluding hydrogens is 268 g/mol. The molecule has 2 aliphatic rings. The molecule has 0 aromatic heterocycles. The molecule has 0 saturated heterocycles. The first-order valence-corrected chi connectivity index (χ1v) is 7.93. The molecule has 2 unspecified atom stereocenters. The lowest BCUT2D eigenvalue weighted by Crippen LogP contribution is -2.22. The summed E-state index contributed by atoms with van der Waals surface area (Å²) in [6.45, 7) is 4.36. The first-order valence-electron chi connectivity index (χ1n) is 7.93. The Hall–Kier alpha value is -2.20. The number of terminal acetylenes is 1. The largest absolute Gasteiger partial charge is 0.490 e. The third kappa shape index (κ3) is 3.52. The number of hydrogen-bond donors (Lipinski definition) is 0. The van der Waals surface area contributed by atoms with Crippen LogP contribution < -0.4 is 4.74 Å². The zero-order chi connectivity index (χ0) is 15.9. The van der Waals surface area contributed by atoms with Crippen LogP contribution in [0, 0.1) is 12.8 Å². The molecule has 1 heterocycles. The van der Waals surface area contributed by atoms with Crippen LogP contribution in [0.15, 0.2) is 54.2 Å². The molecule has 0 spiro atoms. The van der Waals surface area contributed by atoms with E-state index >= 15 is 0 Å². The molecule has 2 atom stereocenters. The fourth-order valence-corrected chi connectivity index (χ4v) is 3.02. The van der Waals surface area contributed by atoms with E-state index in [-0.39, 0.29) is 0 Å². The van der Waals surface area contributed by atoms with E-state index in [9.17, 15) is 0 Å². The second-order valence-corrected chi connectivity index (χ2v) is 5.70. The quantitative estimate of drug-likeness (QED) is 0.681. The maximum Gasteiger partial charge on any atom is 0.127 e. The van der Waals surface area contributed by atoms with Crippen LogP contribution >= 0.6 is 0 Å². The lowest BCUT2D eigenvalue weighted by atomic mass is 9.91. The summed E-state index contributed by atoms with van der Waals surface area (Å²) in [5.74, 6) is 1.45. The zero-order valence-electron chi connectivity index (χ0n) is 13.5. The molecule has 0 radical (unpaired) electrons. The Morgan fingerprint density at radius 2 is 2.05 bits per heavy atom. The van der Waals surface area contributed by atoms with Crippen LogP contribution in [0.2, 0.25) is 0 Å². The van der Waals surface area contributed by atoms with E-state index in [1.54, 1.807) is 0 Å². The number of benzene rings is 1. The maximum atomic E-state index is 6.26.